The Morgan fingerprint density at radius 2 is 1.94 bits per heavy atom. The molecule has 3 atom stereocenters. The van der Waals surface area contributed by atoms with Gasteiger partial charge in [-0.2, -0.15) is 0 Å². The Hall–Kier alpha value is -1.06. The van der Waals surface area contributed by atoms with Gasteiger partial charge in [0.1, 0.15) is 0 Å². The number of likely N-dealkylation sites (tertiary alicyclic amines) is 1. The zero-order valence-corrected chi connectivity index (χ0v) is 10.4. The topological polar surface area (TPSA) is 57.6 Å². The first-order chi connectivity index (χ1) is 8.13. The summed E-state index contributed by atoms with van der Waals surface area (Å²) in [6.07, 6.45) is 4.47. The van der Waals surface area contributed by atoms with E-state index in [-0.39, 0.29) is 11.8 Å². The molecule has 96 valence electrons. The van der Waals surface area contributed by atoms with Gasteiger partial charge in [0, 0.05) is 13.1 Å². The summed E-state index contributed by atoms with van der Waals surface area (Å²) in [6.45, 7) is 3.80. The predicted octanol–water partition coefficient (Wildman–Crippen LogP) is 1.75. The SMILES string of the molecule is CCC1CCN(C(=O)C2CCCC2C(=O)O)C1. The summed E-state index contributed by atoms with van der Waals surface area (Å²) in [4.78, 5) is 25.3. The van der Waals surface area contributed by atoms with Crippen LogP contribution in [0.15, 0.2) is 0 Å². The number of aliphatic carboxylic acids is 1. The number of hydrogen-bond donors (Lipinski definition) is 1. The van der Waals surface area contributed by atoms with Gasteiger partial charge in [0.25, 0.3) is 0 Å². The van der Waals surface area contributed by atoms with Crippen molar-refractivity contribution in [3.8, 4) is 0 Å². The number of carboxylic acid groups (broad SMARTS) is 1. The van der Waals surface area contributed by atoms with Crippen LogP contribution in [0.1, 0.15) is 39.0 Å². The largest absolute Gasteiger partial charge is 0.481 e. The first-order valence-electron chi connectivity index (χ1n) is 6.65. The van der Waals surface area contributed by atoms with E-state index < -0.39 is 11.9 Å². The minimum Gasteiger partial charge on any atom is -0.481 e. The third-order valence-electron chi connectivity index (χ3n) is 4.33. The van der Waals surface area contributed by atoms with Crippen LogP contribution in [0.4, 0.5) is 0 Å². The van der Waals surface area contributed by atoms with Gasteiger partial charge in [0.2, 0.25) is 5.91 Å². The minimum absolute atomic E-state index is 0.0888. The van der Waals surface area contributed by atoms with Crippen LogP contribution in [0, 0.1) is 17.8 Å². The molecule has 0 spiro atoms. The highest BCUT2D eigenvalue weighted by Gasteiger charge is 2.40. The molecule has 17 heavy (non-hydrogen) atoms. The number of rotatable bonds is 3. The first kappa shape index (κ1) is 12.4. The summed E-state index contributed by atoms with van der Waals surface area (Å²) in [7, 11) is 0. The van der Waals surface area contributed by atoms with Gasteiger partial charge in [0.15, 0.2) is 0 Å². The van der Waals surface area contributed by atoms with E-state index in [1.807, 2.05) is 4.90 Å². The molecule has 3 unspecified atom stereocenters. The van der Waals surface area contributed by atoms with Gasteiger partial charge in [-0.1, -0.05) is 19.8 Å². The van der Waals surface area contributed by atoms with E-state index in [2.05, 4.69) is 6.92 Å². The molecule has 4 nitrogen and oxygen atoms in total. The van der Waals surface area contributed by atoms with E-state index in [1.54, 1.807) is 0 Å². The van der Waals surface area contributed by atoms with E-state index in [1.165, 1.54) is 0 Å². The highest BCUT2D eigenvalue weighted by molar-refractivity contribution is 5.85. The molecule has 2 aliphatic rings. The molecule has 4 heteroatoms. The van der Waals surface area contributed by atoms with Crippen molar-refractivity contribution in [3.05, 3.63) is 0 Å². The second-order valence-corrected chi connectivity index (χ2v) is 5.33. The zero-order valence-electron chi connectivity index (χ0n) is 10.4. The lowest BCUT2D eigenvalue weighted by Crippen LogP contribution is -2.37. The summed E-state index contributed by atoms with van der Waals surface area (Å²) in [5.74, 6) is -0.798. The van der Waals surface area contributed by atoms with E-state index in [0.29, 0.717) is 12.3 Å². The Balaban J connectivity index is 1.98. The molecular weight excluding hydrogens is 218 g/mol. The molecule has 1 heterocycles. The molecule has 1 amide bonds. The normalized spacial score (nSPS) is 33.0. The van der Waals surface area contributed by atoms with Crippen molar-refractivity contribution >= 4 is 11.9 Å². The molecular formula is C13H21NO3. The molecule has 0 aromatic heterocycles. The third-order valence-corrected chi connectivity index (χ3v) is 4.33. The van der Waals surface area contributed by atoms with Gasteiger partial charge in [-0.05, 0) is 25.2 Å². The number of amides is 1. The molecule has 1 N–H and O–H groups in total. The Labute approximate surface area is 102 Å². The van der Waals surface area contributed by atoms with Crippen molar-refractivity contribution in [2.45, 2.75) is 39.0 Å². The van der Waals surface area contributed by atoms with Crippen molar-refractivity contribution in [3.63, 3.8) is 0 Å². The number of carbonyl (C=O) groups is 2. The highest BCUT2D eigenvalue weighted by Crippen LogP contribution is 2.34. The number of nitrogens with zero attached hydrogens (tertiary/aromatic N) is 1. The van der Waals surface area contributed by atoms with Crippen LogP contribution in [0.3, 0.4) is 0 Å². The van der Waals surface area contributed by atoms with E-state index in [4.69, 9.17) is 5.11 Å². The summed E-state index contributed by atoms with van der Waals surface area (Å²) < 4.78 is 0. The second kappa shape index (κ2) is 5.07. The Morgan fingerprint density at radius 3 is 2.53 bits per heavy atom. The van der Waals surface area contributed by atoms with E-state index in [9.17, 15) is 9.59 Å². The van der Waals surface area contributed by atoms with E-state index >= 15 is 0 Å². The van der Waals surface area contributed by atoms with Gasteiger partial charge in [-0.15, -0.1) is 0 Å². The van der Waals surface area contributed by atoms with Crippen molar-refractivity contribution < 1.29 is 14.7 Å². The summed E-state index contributed by atoms with van der Waals surface area (Å²) >= 11 is 0. The summed E-state index contributed by atoms with van der Waals surface area (Å²) in [5, 5.41) is 9.10. The zero-order chi connectivity index (χ0) is 12.4. The monoisotopic (exact) mass is 239 g/mol. The average molecular weight is 239 g/mol. The molecule has 0 bridgehead atoms. The molecule has 2 rings (SSSR count). The summed E-state index contributed by atoms with van der Waals surface area (Å²) in [5.41, 5.74) is 0. The molecule has 2 fully saturated rings. The van der Waals surface area contributed by atoms with Crippen LogP contribution in [0.2, 0.25) is 0 Å². The van der Waals surface area contributed by atoms with Crippen LogP contribution in [0.25, 0.3) is 0 Å². The second-order valence-electron chi connectivity index (χ2n) is 5.33. The summed E-state index contributed by atoms with van der Waals surface area (Å²) in [6, 6.07) is 0. The predicted molar refractivity (Wildman–Crippen MR) is 63.4 cm³/mol. The molecule has 1 saturated heterocycles. The smallest absolute Gasteiger partial charge is 0.307 e. The molecule has 0 radical (unpaired) electrons. The Bertz CT molecular complexity index is 316. The van der Waals surface area contributed by atoms with Gasteiger partial charge in [-0.25, -0.2) is 0 Å². The van der Waals surface area contributed by atoms with Crippen molar-refractivity contribution in [2.75, 3.05) is 13.1 Å². The maximum Gasteiger partial charge on any atom is 0.307 e. The fraction of sp³-hybridized carbons (Fsp3) is 0.846. The third kappa shape index (κ3) is 2.45. The van der Waals surface area contributed by atoms with Crippen LogP contribution >= 0.6 is 0 Å². The van der Waals surface area contributed by atoms with Crippen molar-refractivity contribution in [2.24, 2.45) is 17.8 Å². The number of carbonyl (C=O) groups excluding carboxylic acids is 1. The van der Waals surface area contributed by atoms with E-state index in [0.717, 1.165) is 38.8 Å². The van der Waals surface area contributed by atoms with Crippen LogP contribution in [-0.2, 0) is 9.59 Å². The van der Waals surface area contributed by atoms with Crippen LogP contribution in [0.5, 0.6) is 0 Å². The fourth-order valence-corrected chi connectivity index (χ4v) is 3.15. The van der Waals surface area contributed by atoms with Gasteiger partial charge in [-0.3, -0.25) is 9.59 Å². The number of hydrogen-bond acceptors (Lipinski definition) is 2. The quantitative estimate of drug-likeness (QED) is 0.816. The minimum atomic E-state index is -0.799. The Kier molecular flexibility index (Phi) is 3.69. The van der Waals surface area contributed by atoms with Gasteiger partial charge < -0.3 is 10.0 Å². The van der Waals surface area contributed by atoms with Crippen LogP contribution in [-0.4, -0.2) is 35.0 Å². The molecule has 1 saturated carbocycles. The Morgan fingerprint density at radius 1 is 1.24 bits per heavy atom. The average Bonchev–Trinajstić information content (AvgIpc) is 2.97. The first-order valence-corrected chi connectivity index (χ1v) is 6.65. The van der Waals surface area contributed by atoms with Crippen molar-refractivity contribution in [1.82, 2.24) is 4.90 Å². The van der Waals surface area contributed by atoms with Crippen LogP contribution < -0.4 is 0 Å². The van der Waals surface area contributed by atoms with Gasteiger partial charge in [0.05, 0.1) is 11.8 Å². The standard InChI is InChI=1S/C13H21NO3/c1-2-9-6-7-14(8-9)12(15)10-4-3-5-11(10)13(16)17/h9-11H,2-8H2,1H3,(H,16,17). The lowest BCUT2D eigenvalue weighted by Gasteiger charge is -2.23. The van der Waals surface area contributed by atoms with Gasteiger partial charge >= 0.3 is 5.97 Å². The lowest BCUT2D eigenvalue weighted by molar-refractivity contribution is -0.148. The highest BCUT2D eigenvalue weighted by atomic mass is 16.4. The maximum absolute atomic E-state index is 12.3. The fourth-order valence-electron chi connectivity index (χ4n) is 3.15. The molecule has 1 aliphatic heterocycles. The maximum atomic E-state index is 12.3. The molecule has 0 aromatic carbocycles. The number of carboxylic acids is 1. The lowest BCUT2D eigenvalue weighted by atomic mass is 9.95. The molecule has 0 aromatic rings. The van der Waals surface area contributed by atoms with Crippen molar-refractivity contribution in [1.29, 1.82) is 0 Å². The molecule has 1 aliphatic carbocycles.